The number of ether oxygens (including phenoxy) is 2. The normalized spacial score (nSPS) is 10.9. The molecule has 3 rings (SSSR count). The molecule has 0 saturated heterocycles. The Labute approximate surface area is 173 Å². The first-order valence-corrected chi connectivity index (χ1v) is 8.72. The maximum absolute atomic E-state index is 12.8. The summed E-state index contributed by atoms with van der Waals surface area (Å²) in [5.74, 6) is -2.25. The lowest BCUT2D eigenvalue weighted by molar-refractivity contribution is -0.0692. The van der Waals surface area contributed by atoms with Crippen molar-refractivity contribution in [3.8, 4) is 11.5 Å². The van der Waals surface area contributed by atoms with Gasteiger partial charge in [-0.1, -0.05) is 0 Å². The largest absolute Gasteiger partial charge is 0.478 e. The predicted octanol–water partition coefficient (Wildman–Crippen LogP) is 4.72. The Bertz CT molecular complexity index is 1020. The van der Waals surface area contributed by atoms with Gasteiger partial charge in [0.15, 0.2) is 11.5 Å². The van der Waals surface area contributed by atoms with E-state index in [2.05, 4.69) is 19.4 Å². The van der Waals surface area contributed by atoms with Gasteiger partial charge in [-0.05, 0) is 36.4 Å². The molecular formula is C20H15F4N3O4. The number of hydrogen-bond acceptors (Lipinski definition) is 6. The fourth-order valence-electron chi connectivity index (χ4n) is 2.76. The van der Waals surface area contributed by atoms with Crippen molar-refractivity contribution in [2.24, 2.45) is 0 Å². The Morgan fingerprint density at radius 3 is 2.06 bits per heavy atom. The molecule has 162 valence electrons. The molecule has 0 fully saturated rings. The Hall–Kier alpha value is -3.89. The first-order chi connectivity index (χ1) is 14.8. The molecule has 0 spiro atoms. The van der Waals surface area contributed by atoms with E-state index in [0.717, 1.165) is 12.1 Å². The van der Waals surface area contributed by atoms with E-state index in [1.54, 1.807) is 4.90 Å². The van der Waals surface area contributed by atoms with Crippen LogP contribution in [-0.2, 0) is 6.54 Å². The highest BCUT2D eigenvalue weighted by atomic mass is 19.3. The summed E-state index contributed by atoms with van der Waals surface area (Å²) in [6.45, 7) is -6.33. The van der Waals surface area contributed by atoms with Crippen molar-refractivity contribution in [1.82, 2.24) is 9.97 Å². The monoisotopic (exact) mass is 437 g/mol. The average molecular weight is 437 g/mol. The Kier molecular flexibility index (Phi) is 6.85. The van der Waals surface area contributed by atoms with E-state index in [4.69, 9.17) is 5.11 Å². The minimum atomic E-state index is -3.26. The van der Waals surface area contributed by atoms with Gasteiger partial charge in [-0.3, -0.25) is 0 Å². The number of carboxylic acids is 1. The van der Waals surface area contributed by atoms with Crippen molar-refractivity contribution in [2.75, 3.05) is 4.90 Å². The lowest BCUT2D eigenvalue weighted by atomic mass is 10.1. The Morgan fingerprint density at radius 1 is 0.903 bits per heavy atom. The molecule has 2 aromatic carbocycles. The second-order valence-electron chi connectivity index (χ2n) is 6.07. The minimum absolute atomic E-state index is 0.0501. The molecule has 1 heterocycles. The zero-order valence-electron chi connectivity index (χ0n) is 15.7. The van der Waals surface area contributed by atoms with E-state index < -0.39 is 30.7 Å². The number of alkyl halides is 4. The van der Waals surface area contributed by atoms with Crippen molar-refractivity contribution in [1.29, 1.82) is 0 Å². The van der Waals surface area contributed by atoms with E-state index in [1.165, 1.54) is 49.1 Å². The van der Waals surface area contributed by atoms with Gasteiger partial charge in [0.2, 0.25) is 0 Å². The molecule has 1 N–H and O–H groups in total. The van der Waals surface area contributed by atoms with Crippen LogP contribution >= 0.6 is 0 Å². The second-order valence-corrected chi connectivity index (χ2v) is 6.07. The van der Waals surface area contributed by atoms with Gasteiger partial charge in [0, 0.05) is 35.4 Å². The van der Waals surface area contributed by atoms with Gasteiger partial charge >= 0.3 is 19.2 Å². The van der Waals surface area contributed by atoms with Gasteiger partial charge in [-0.25, -0.2) is 14.8 Å². The standard InChI is InChI=1S/C20H15F4N3O4/c21-19(22)30-16-6-5-15(7-17(16)31-20(23)24)27(10-12-8-25-11-26-9-12)14-3-1-13(2-4-14)18(28)29/h1-9,11,19-20H,10H2,(H,28,29). The number of nitrogens with zero attached hydrogens (tertiary/aromatic N) is 3. The summed E-state index contributed by atoms with van der Waals surface area (Å²) in [7, 11) is 0. The molecule has 1 aromatic heterocycles. The summed E-state index contributed by atoms with van der Waals surface area (Å²) in [5.41, 5.74) is 1.49. The van der Waals surface area contributed by atoms with Crippen LogP contribution in [0.15, 0.2) is 61.2 Å². The lowest BCUT2D eigenvalue weighted by Gasteiger charge is -2.26. The van der Waals surface area contributed by atoms with E-state index in [0.29, 0.717) is 16.9 Å². The highest BCUT2D eigenvalue weighted by Crippen LogP contribution is 2.37. The zero-order valence-corrected chi connectivity index (χ0v) is 15.7. The summed E-state index contributed by atoms with van der Waals surface area (Å²) >= 11 is 0. The number of benzene rings is 2. The van der Waals surface area contributed by atoms with Crippen LogP contribution in [0.4, 0.5) is 28.9 Å². The maximum atomic E-state index is 12.8. The summed E-state index contributed by atoms with van der Waals surface area (Å²) in [6.07, 6.45) is 4.41. The third-order valence-corrected chi connectivity index (χ3v) is 4.05. The summed E-state index contributed by atoms with van der Waals surface area (Å²) in [5, 5.41) is 9.10. The smallest absolute Gasteiger partial charge is 0.387 e. The molecule has 3 aromatic rings. The van der Waals surface area contributed by atoms with Crippen LogP contribution < -0.4 is 14.4 Å². The highest BCUT2D eigenvalue weighted by molar-refractivity contribution is 5.88. The third-order valence-electron chi connectivity index (χ3n) is 4.05. The van der Waals surface area contributed by atoms with Crippen LogP contribution in [0.1, 0.15) is 15.9 Å². The van der Waals surface area contributed by atoms with Crippen LogP contribution in [0.25, 0.3) is 0 Å². The molecule has 7 nitrogen and oxygen atoms in total. The van der Waals surface area contributed by atoms with Crippen molar-refractivity contribution in [2.45, 2.75) is 19.8 Å². The fourth-order valence-corrected chi connectivity index (χ4v) is 2.76. The molecule has 0 amide bonds. The van der Waals surface area contributed by atoms with E-state index in [9.17, 15) is 22.4 Å². The van der Waals surface area contributed by atoms with Gasteiger partial charge in [0.1, 0.15) is 6.33 Å². The number of hydrogen-bond donors (Lipinski definition) is 1. The SMILES string of the molecule is O=C(O)c1ccc(N(Cc2cncnc2)c2ccc(OC(F)F)c(OC(F)F)c2)cc1. The van der Waals surface area contributed by atoms with Crippen LogP contribution in [-0.4, -0.2) is 34.3 Å². The van der Waals surface area contributed by atoms with Gasteiger partial charge in [0.05, 0.1) is 12.1 Å². The molecule has 0 bridgehead atoms. The first kappa shape index (κ1) is 21.8. The Morgan fingerprint density at radius 2 is 1.48 bits per heavy atom. The number of halogens is 4. The van der Waals surface area contributed by atoms with Crippen LogP contribution in [0, 0.1) is 0 Å². The molecule has 31 heavy (non-hydrogen) atoms. The molecule has 0 radical (unpaired) electrons. The minimum Gasteiger partial charge on any atom is -0.478 e. The van der Waals surface area contributed by atoms with Gasteiger partial charge in [-0.2, -0.15) is 17.6 Å². The summed E-state index contributed by atoms with van der Waals surface area (Å²) in [6, 6.07) is 9.37. The van der Waals surface area contributed by atoms with Crippen molar-refractivity contribution >= 4 is 17.3 Å². The van der Waals surface area contributed by atoms with Crippen molar-refractivity contribution in [3.63, 3.8) is 0 Å². The number of aromatic carboxylic acids is 1. The molecule has 11 heteroatoms. The molecule has 0 aliphatic heterocycles. The molecule has 0 aliphatic carbocycles. The van der Waals surface area contributed by atoms with E-state index in [-0.39, 0.29) is 12.1 Å². The number of aromatic nitrogens is 2. The second kappa shape index (κ2) is 9.74. The topological polar surface area (TPSA) is 84.8 Å². The van der Waals surface area contributed by atoms with Crippen molar-refractivity contribution < 1.29 is 36.9 Å². The summed E-state index contributed by atoms with van der Waals surface area (Å²) < 4.78 is 59.5. The Balaban J connectivity index is 2.04. The maximum Gasteiger partial charge on any atom is 0.387 e. The molecule has 0 saturated carbocycles. The molecule has 0 unspecified atom stereocenters. The quantitative estimate of drug-likeness (QED) is 0.485. The molecule has 0 atom stereocenters. The van der Waals surface area contributed by atoms with Gasteiger partial charge < -0.3 is 19.5 Å². The number of carbonyl (C=O) groups is 1. The van der Waals surface area contributed by atoms with Gasteiger partial charge in [0.25, 0.3) is 0 Å². The average Bonchev–Trinajstić information content (AvgIpc) is 2.73. The van der Waals surface area contributed by atoms with E-state index in [1.807, 2.05) is 0 Å². The van der Waals surface area contributed by atoms with E-state index >= 15 is 0 Å². The molecule has 0 aliphatic rings. The van der Waals surface area contributed by atoms with Gasteiger partial charge in [-0.15, -0.1) is 0 Å². The first-order valence-electron chi connectivity index (χ1n) is 8.72. The highest BCUT2D eigenvalue weighted by Gasteiger charge is 2.19. The number of anilines is 2. The lowest BCUT2D eigenvalue weighted by Crippen LogP contribution is -2.17. The third kappa shape index (κ3) is 5.81. The zero-order chi connectivity index (χ0) is 22.4. The van der Waals surface area contributed by atoms with Crippen molar-refractivity contribution in [3.05, 3.63) is 72.3 Å². The summed E-state index contributed by atoms with van der Waals surface area (Å²) in [4.78, 5) is 20.6. The van der Waals surface area contributed by atoms with Crippen LogP contribution in [0.3, 0.4) is 0 Å². The molecular weight excluding hydrogens is 422 g/mol. The van der Waals surface area contributed by atoms with Crippen LogP contribution in [0.2, 0.25) is 0 Å². The predicted molar refractivity (Wildman–Crippen MR) is 101 cm³/mol. The number of carboxylic acid groups (broad SMARTS) is 1. The number of rotatable bonds is 9. The van der Waals surface area contributed by atoms with Crippen LogP contribution in [0.5, 0.6) is 11.5 Å². The fraction of sp³-hybridized carbons (Fsp3) is 0.150.